The molecule has 1 heterocycles. The smallest absolute Gasteiger partial charge is 0.124 e. The van der Waals surface area contributed by atoms with E-state index in [-0.39, 0.29) is 0 Å². The van der Waals surface area contributed by atoms with Crippen molar-refractivity contribution >= 4 is 0 Å². The fraction of sp³-hybridized carbons (Fsp3) is 0.357. The number of nitrogens with one attached hydrogen (secondary N) is 1. The molecule has 17 heavy (non-hydrogen) atoms. The lowest BCUT2D eigenvalue weighted by molar-refractivity contribution is 0.399. The van der Waals surface area contributed by atoms with E-state index in [1.54, 1.807) is 6.26 Å². The molecule has 3 rings (SSSR count). The van der Waals surface area contributed by atoms with Crippen molar-refractivity contribution in [2.24, 2.45) is 0 Å². The molecule has 0 radical (unpaired) electrons. The summed E-state index contributed by atoms with van der Waals surface area (Å²) in [6, 6.07) is 11.1. The maximum atomic E-state index is 4.83. The highest BCUT2D eigenvalue weighted by Crippen LogP contribution is 2.29. The fourth-order valence-corrected chi connectivity index (χ4v) is 2.52. The van der Waals surface area contributed by atoms with Crippen molar-refractivity contribution in [2.75, 3.05) is 0 Å². The molecule has 3 nitrogen and oxygen atoms in total. The van der Waals surface area contributed by atoms with Gasteiger partial charge in [-0.15, -0.1) is 0 Å². The van der Waals surface area contributed by atoms with Gasteiger partial charge in [-0.05, 0) is 30.4 Å². The third kappa shape index (κ3) is 2.24. The number of aromatic nitrogens is 1. The van der Waals surface area contributed by atoms with Gasteiger partial charge in [-0.3, -0.25) is 0 Å². The van der Waals surface area contributed by atoms with Gasteiger partial charge in [0.05, 0.1) is 5.69 Å². The minimum Gasteiger partial charge on any atom is -0.364 e. The standard InChI is InChI=1S/C14H16N2O/c1-2-6-13-11(4-1)5-3-7-14(13)15-10-12-8-9-17-16-12/h1-2,4,6,8-9,14-15H,3,5,7,10H2. The predicted molar refractivity (Wildman–Crippen MR) is 65.5 cm³/mol. The van der Waals surface area contributed by atoms with Gasteiger partial charge in [0.1, 0.15) is 6.26 Å². The van der Waals surface area contributed by atoms with Crippen LogP contribution in [0, 0.1) is 0 Å². The molecular formula is C14H16N2O. The highest BCUT2D eigenvalue weighted by atomic mass is 16.5. The third-order valence-electron chi connectivity index (χ3n) is 3.39. The van der Waals surface area contributed by atoms with Crippen LogP contribution in [0.3, 0.4) is 0 Å². The molecule has 2 aromatic rings. The predicted octanol–water partition coefficient (Wildman–Crippen LogP) is 2.84. The van der Waals surface area contributed by atoms with Crippen molar-refractivity contribution in [3.05, 3.63) is 53.4 Å². The Morgan fingerprint density at radius 1 is 1.29 bits per heavy atom. The van der Waals surface area contributed by atoms with Crippen molar-refractivity contribution < 1.29 is 4.52 Å². The molecule has 0 bridgehead atoms. The zero-order valence-electron chi connectivity index (χ0n) is 9.73. The van der Waals surface area contributed by atoms with Crippen LogP contribution >= 0.6 is 0 Å². The minimum atomic E-state index is 0.455. The van der Waals surface area contributed by atoms with Crippen LogP contribution in [0.25, 0.3) is 0 Å². The minimum absolute atomic E-state index is 0.455. The molecule has 1 aromatic heterocycles. The first-order chi connectivity index (χ1) is 8.43. The monoisotopic (exact) mass is 228 g/mol. The summed E-state index contributed by atoms with van der Waals surface area (Å²) in [5, 5.41) is 7.48. The summed E-state index contributed by atoms with van der Waals surface area (Å²) in [6.07, 6.45) is 5.28. The van der Waals surface area contributed by atoms with Crippen molar-refractivity contribution in [3.8, 4) is 0 Å². The van der Waals surface area contributed by atoms with Crippen molar-refractivity contribution in [1.82, 2.24) is 10.5 Å². The van der Waals surface area contributed by atoms with E-state index in [4.69, 9.17) is 4.52 Å². The van der Waals surface area contributed by atoms with E-state index in [9.17, 15) is 0 Å². The molecule has 1 aromatic carbocycles. The number of fused-ring (bicyclic) bond motifs is 1. The van der Waals surface area contributed by atoms with E-state index < -0.39 is 0 Å². The van der Waals surface area contributed by atoms with E-state index >= 15 is 0 Å². The second-order valence-electron chi connectivity index (χ2n) is 4.52. The molecular weight excluding hydrogens is 212 g/mol. The number of aryl methyl sites for hydroxylation is 1. The van der Waals surface area contributed by atoms with Gasteiger partial charge in [0.15, 0.2) is 0 Å². The largest absolute Gasteiger partial charge is 0.364 e. The van der Waals surface area contributed by atoms with Gasteiger partial charge in [0.2, 0.25) is 0 Å². The zero-order chi connectivity index (χ0) is 11.5. The number of rotatable bonds is 3. The summed E-state index contributed by atoms with van der Waals surface area (Å²) in [4.78, 5) is 0. The highest BCUT2D eigenvalue weighted by molar-refractivity contribution is 5.32. The highest BCUT2D eigenvalue weighted by Gasteiger charge is 2.19. The van der Waals surface area contributed by atoms with E-state index in [2.05, 4.69) is 34.7 Å². The molecule has 0 amide bonds. The topological polar surface area (TPSA) is 38.1 Å². The second kappa shape index (κ2) is 4.72. The number of nitrogens with zero attached hydrogens (tertiary/aromatic N) is 1. The lowest BCUT2D eigenvalue weighted by Crippen LogP contribution is -2.24. The third-order valence-corrected chi connectivity index (χ3v) is 3.39. The van der Waals surface area contributed by atoms with Crippen LogP contribution in [0.5, 0.6) is 0 Å². The molecule has 1 N–H and O–H groups in total. The van der Waals surface area contributed by atoms with Gasteiger partial charge in [0.25, 0.3) is 0 Å². The van der Waals surface area contributed by atoms with Gasteiger partial charge < -0.3 is 9.84 Å². The SMILES string of the molecule is c1ccc2c(c1)CCCC2NCc1ccon1. The number of benzene rings is 1. The average molecular weight is 228 g/mol. The van der Waals surface area contributed by atoms with E-state index in [1.165, 1.54) is 30.4 Å². The first kappa shape index (κ1) is 10.5. The molecule has 1 aliphatic carbocycles. The van der Waals surface area contributed by atoms with Crippen LogP contribution in [-0.4, -0.2) is 5.16 Å². The fourth-order valence-electron chi connectivity index (χ4n) is 2.52. The van der Waals surface area contributed by atoms with Crippen molar-refractivity contribution in [1.29, 1.82) is 0 Å². The summed E-state index contributed by atoms with van der Waals surface area (Å²) in [7, 11) is 0. The quantitative estimate of drug-likeness (QED) is 0.877. The van der Waals surface area contributed by atoms with Crippen LogP contribution in [0.4, 0.5) is 0 Å². The number of hydrogen-bond donors (Lipinski definition) is 1. The van der Waals surface area contributed by atoms with Crippen LogP contribution in [0.15, 0.2) is 41.1 Å². The first-order valence-corrected chi connectivity index (χ1v) is 6.14. The summed E-state index contributed by atoms with van der Waals surface area (Å²) in [6.45, 7) is 0.773. The van der Waals surface area contributed by atoms with Gasteiger partial charge in [-0.25, -0.2) is 0 Å². The Labute approximate surface area is 101 Å². The van der Waals surface area contributed by atoms with Crippen molar-refractivity contribution in [3.63, 3.8) is 0 Å². The van der Waals surface area contributed by atoms with E-state index in [1.807, 2.05) is 6.07 Å². The molecule has 1 atom stereocenters. The molecule has 0 spiro atoms. The van der Waals surface area contributed by atoms with Crippen LogP contribution in [0.1, 0.15) is 35.7 Å². The molecule has 0 fully saturated rings. The van der Waals surface area contributed by atoms with Crippen LogP contribution in [-0.2, 0) is 13.0 Å². The molecule has 1 aliphatic rings. The Hall–Kier alpha value is -1.61. The second-order valence-corrected chi connectivity index (χ2v) is 4.52. The van der Waals surface area contributed by atoms with Gasteiger partial charge >= 0.3 is 0 Å². The summed E-state index contributed by atoms with van der Waals surface area (Å²) < 4.78 is 4.83. The molecule has 0 aliphatic heterocycles. The lowest BCUT2D eigenvalue weighted by Gasteiger charge is -2.26. The molecule has 0 saturated heterocycles. The summed E-state index contributed by atoms with van der Waals surface area (Å²) >= 11 is 0. The average Bonchev–Trinajstić information content (AvgIpc) is 2.89. The maximum absolute atomic E-state index is 4.83. The summed E-state index contributed by atoms with van der Waals surface area (Å²) in [5.41, 5.74) is 3.90. The molecule has 88 valence electrons. The summed E-state index contributed by atoms with van der Waals surface area (Å²) in [5.74, 6) is 0. The van der Waals surface area contributed by atoms with Crippen LogP contribution < -0.4 is 5.32 Å². The van der Waals surface area contributed by atoms with Crippen LogP contribution in [0.2, 0.25) is 0 Å². The molecule has 3 heteroatoms. The van der Waals surface area contributed by atoms with E-state index in [0.29, 0.717) is 6.04 Å². The molecule has 1 unspecified atom stereocenters. The molecule has 0 saturated carbocycles. The Balaban J connectivity index is 1.72. The Kier molecular flexibility index (Phi) is 2.92. The zero-order valence-corrected chi connectivity index (χ0v) is 9.73. The van der Waals surface area contributed by atoms with E-state index in [0.717, 1.165) is 12.2 Å². The lowest BCUT2D eigenvalue weighted by atomic mass is 9.88. The normalized spacial score (nSPS) is 18.9. The van der Waals surface area contributed by atoms with Gasteiger partial charge in [-0.1, -0.05) is 29.4 Å². The Morgan fingerprint density at radius 2 is 2.24 bits per heavy atom. The Morgan fingerprint density at radius 3 is 3.12 bits per heavy atom. The first-order valence-electron chi connectivity index (χ1n) is 6.14. The maximum Gasteiger partial charge on any atom is 0.124 e. The number of hydrogen-bond acceptors (Lipinski definition) is 3. The Bertz CT molecular complexity index is 479. The van der Waals surface area contributed by atoms with Gasteiger partial charge in [0, 0.05) is 18.7 Å². The van der Waals surface area contributed by atoms with Crippen molar-refractivity contribution in [2.45, 2.75) is 31.8 Å². The van der Waals surface area contributed by atoms with Gasteiger partial charge in [-0.2, -0.15) is 0 Å².